The van der Waals surface area contributed by atoms with E-state index in [0.717, 1.165) is 11.3 Å². The van der Waals surface area contributed by atoms with Crippen LogP contribution in [0, 0.1) is 0 Å². The Morgan fingerprint density at radius 2 is 1.88 bits per heavy atom. The quantitative estimate of drug-likeness (QED) is 0.818. The Bertz CT molecular complexity index is 234. The van der Waals surface area contributed by atoms with Gasteiger partial charge in [0.05, 0.1) is 0 Å². The van der Waals surface area contributed by atoms with Gasteiger partial charge in [-0.05, 0) is 65.3 Å². The van der Waals surface area contributed by atoms with Crippen LogP contribution >= 0.6 is 11.8 Å². The van der Waals surface area contributed by atoms with Crippen molar-refractivity contribution in [3.05, 3.63) is 0 Å². The third-order valence-corrected chi connectivity index (χ3v) is 5.46. The maximum absolute atomic E-state index is 3.66. The van der Waals surface area contributed by atoms with Crippen molar-refractivity contribution in [3.8, 4) is 0 Å². The van der Waals surface area contributed by atoms with Gasteiger partial charge in [-0.15, -0.1) is 0 Å². The van der Waals surface area contributed by atoms with Gasteiger partial charge in [0.2, 0.25) is 0 Å². The second kappa shape index (κ2) is 5.94. The van der Waals surface area contributed by atoms with E-state index in [-0.39, 0.29) is 0 Å². The molecule has 1 saturated carbocycles. The summed E-state index contributed by atoms with van der Waals surface area (Å²) in [5.74, 6) is 0. The molecule has 2 rings (SSSR count). The number of nitrogens with zero attached hydrogens (tertiary/aromatic N) is 1. The third-order valence-electron chi connectivity index (χ3n) is 4.32. The van der Waals surface area contributed by atoms with Crippen LogP contribution in [0.15, 0.2) is 0 Å². The molecule has 0 aromatic carbocycles. The average Bonchev–Trinajstić information content (AvgIpc) is 2.50. The fraction of sp³-hybridized carbons (Fsp3) is 1.00. The van der Waals surface area contributed by atoms with E-state index >= 15 is 0 Å². The first kappa shape index (κ1) is 13.7. The molecule has 0 amide bonds. The van der Waals surface area contributed by atoms with Gasteiger partial charge in [-0.2, -0.15) is 11.8 Å². The van der Waals surface area contributed by atoms with E-state index in [0.29, 0.717) is 5.54 Å². The number of rotatable bonds is 2. The molecule has 0 unspecified atom stereocenters. The minimum atomic E-state index is 0.298. The zero-order valence-corrected chi connectivity index (χ0v) is 12.5. The molecule has 1 N–H and O–H groups in total. The van der Waals surface area contributed by atoms with Crippen LogP contribution in [0.5, 0.6) is 0 Å². The van der Waals surface area contributed by atoms with Crippen LogP contribution in [-0.4, -0.2) is 47.6 Å². The van der Waals surface area contributed by atoms with Gasteiger partial charge >= 0.3 is 0 Å². The van der Waals surface area contributed by atoms with Crippen LogP contribution in [0.2, 0.25) is 0 Å². The first-order chi connectivity index (χ1) is 8.11. The van der Waals surface area contributed by atoms with Crippen LogP contribution in [0.1, 0.15) is 46.0 Å². The first-order valence-electron chi connectivity index (χ1n) is 7.12. The molecule has 1 heterocycles. The Morgan fingerprint density at radius 3 is 2.53 bits per heavy atom. The zero-order chi connectivity index (χ0) is 12.3. The van der Waals surface area contributed by atoms with Gasteiger partial charge in [-0.3, -0.25) is 4.90 Å². The van der Waals surface area contributed by atoms with Gasteiger partial charge in [0.25, 0.3) is 0 Å². The monoisotopic (exact) mass is 256 g/mol. The summed E-state index contributed by atoms with van der Waals surface area (Å²) in [7, 11) is 0. The second-order valence-corrected chi connectivity index (χ2v) is 7.44. The highest BCUT2D eigenvalue weighted by Gasteiger charge is 2.30. The highest BCUT2D eigenvalue weighted by atomic mass is 32.2. The van der Waals surface area contributed by atoms with E-state index in [4.69, 9.17) is 0 Å². The fourth-order valence-electron chi connectivity index (χ4n) is 3.31. The number of hydrogen-bond donors (Lipinski definition) is 1. The lowest BCUT2D eigenvalue weighted by atomic mass is 9.92. The summed E-state index contributed by atoms with van der Waals surface area (Å²) in [6, 6.07) is 0.859. The largest absolute Gasteiger partial charge is 0.310 e. The molecule has 17 heavy (non-hydrogen) atoms. The Balaban J connectivity index is 1.88. The summed E-state index contributed by atoms with van der Waals surface area (Å²) < 4.78 is 0. The molecular weight excluding hydrogens is 228 g/mol. The minimum Gasteiger partial charge on any atom is -0.310 e. The molecule has 1 aliphatic heterocycles. The maximum atomic E-state index is 3.66. The van der Waals surface area contributed by atoms with Gasteiger partial charge in [-0.25, -0.2) is 0 Å². The molecule has 100 valence electrons. The molecule has 2 fully saturated rings. The van der Waals surface area contributed by atoms with E-state index < -0.39 is 0 Å². The van der Waals surface area contributed by atoms with Gasteiger partial charge in [-0.1, -0.05) is 0 Å². The molecule has 0 spiro atoms. The van der Waals surface area contributed by atoms with Crippen molar-refractivity contribution in [3.63, 3.8) is 0 Å². The molecule has 0 bridgehead atoms. The molecule has 1 saturated heterocycles. The van der Waals surface area contributed by atoms with Crippen LogP contribution in [0.3, 0.4) is 0 Å². The average molecular weight is 256 g/mol. The Hall–Kier alpha value is 0.270. The Labute approximate surface area is 111 Å². The summed E-state index contributed by atoms with van der Waals surface area (Å²) in [6.07, 6.45) is 9.27. The van der Waals surface area contributed by atoms with E-state index in [2.05, 4.69) is 42.1 Å². The summed E-state index contributed by atoms with van der Waals surface area (Å²) in [4.78, 5) is 2.76. The van der Waals surface area contributed by atoms with Crippen LogP contribution in [0.4, 0.5) is 0 Å². The first-order valence-corrected chi connectivity index (χ1v) is 8.41. The lowest BCUT2D eigenvalue weighted by Crippen LogP contribution is -2.49. The van der Waals surface area contributed by atoms with Gasteiger partial charge < -0.3 is 5.32 Å². The van der Waals surface area contributed by atoms with Crippen molar-refractivity contribution in [2.24, 2.45) is 0 Å². The number of hydrogen-bond acceptors (Lipinski definition) is 3. The van der Waals surface area contributed by atoms with Gasteiger partial charge in [0.15, 0.2) is 0 Å². The van der Waals surface area contributed by atoms with Crippen LogP contribution in [-0.2, 0) is 0 Å². The van der Waals surface area contributed by atoms with Crippen molar-refractivity contribution in [2.75, 3.05) is 25.9 Å². The van der Waals surface area contributed by atoms with Crippen molar-refractivity contribution in [2.45, 2.75) is 62.8 Å². The number of nitrogens with one attached hydrogen (secondary N) is 1. The highest BCUT2D eigenvalue weighted by Crippen LogP contribution is 2.30. The molecule has 3 heteroatoms. The van der Waals surface area contributed by atoms with Crippen molar-refractivity contribution < 1.29 is 0 Å². The SMILES string of the molecule is CSC1CCC(N2CCCNC(C)(C)C2)CC1. The van der Waals surface area contributed by atoms with Crippen molar-refractivity contribution >= 4 is 11.8 Å². The fourth-order valence-corrected chi connectivity index (χ4v) is 4.05. The molecule has 0 atom stereocenters. The van der Waals surface area contributed by atoms with Gasteiger partial charge in [0.1, 0.15) is 0 Å². The normalized spacial score (nSPS) is 35.5. The van der Waals surface area contributed by atoms with Crippen LogP contribution < -0.4 is 5.32 Å². The molecule has 0 radical (unpaired) electrons. The Morgan fingerprint density at radius 1 is 1.18 bits per heavy atom. The van der Waals surface area contributed by atoms with E-state index in [1.807, 2.05) is 0 Å². The topological polar surface area (TPSA) is 15.3 Å². The molecule has 2 nitrogen and oxygen atoms in total. The minimum absolute atomic E-state index is 0.298. The Kier molecular flexibility index (Phi) is 4.79. The highest BCUT2D eigenvalue weighted by molar-refractivity contribution is 7.99. The summed E-state index contributed by atoms with van der Waals surface area (Å²) in [5, 5.41) is 4.60. The lowest BCUT2D eigenvalue weighted by molar-refractivity contribution is 0.138. The standard InChI is InChI=1S/C14H28N2S/c1-14(2)11-16(10-4-9-15-14)12-5-7-13(17-3)8-6-12/h12-13,15H,4-11H2,1-3H3. The smallest absolute Gasteiger partial charge is 0.0252 e. The van der Waals surface area contributed by atoms with Crippen molar-refractivity contribution in [1.82, 2.24) is 10.2 Å². The van der Waals surface area contributed by atoms with Crippen molar-refractivity contribution in [1.29, 1.82) is 0 Å². The molecule has 0 aromatic rings. The molecule has 2 aliphatic rings. The maximum Gasteiger partial charge on any atom is 0.0252 e. The summed E-state index contributed by atoms with van der Waals surface area (Å²) >= 11 is 2.07. The van der Waals surface area contributed by atoms with Crippen LogP contribution in [0.25, 0.3) is 0 Å². The van der Waals surface area contributed by atoms with E-state index in [1.54, 1.807) is 0 Å². The summed E-state index contributed by atoms with van der Waals surface area (Å²) in [6.45, 7) is 8.40. The van der Waals surface area contributed by atoms with Gasteiger partial charge in [0, 0.05) is 23.4 Å². The molecule has 0 aromatic heterocycles. The molecule has 1 aliphatic carbocycles. The second-order valence-electron chi connectivity index (χ2n) is 6.30. The predicted octanol–water partition coefficient (Wildman–Crippen LogP) is 2.73. The van der Waals surface area contributed by atoms with E-state index in [1.165, 1.54) is 51.7 Å². The lowest BCUT2D eigenvalue weighted by Gasteiger charge is -2.39. The summed E-state index contributed by atoms with van der Waals surface area (Å²) in [5.41, 5.74) is 0.298. The molecular formula is C14H28N2S. The predicted molar refractivity (Wildman–Crippen MR) is 77.8 cm³/mol. The zero-order valence-electron chi connectivity index (χ0n) is 11.7. The third kappa shape index (κ3) is 3.87. The number of thioether (sulfide) groups is 1. The van der Waals surface area contributed by atoms with E-state index in [9.17, 15) is 0 Å².